The zero-order valence-corrected chi connectivity index (χ0v) is 15.6. The van der Waals surface area contributed by atoms with E-state index in [0.29, 0.717) is 34.2 Å². The van der Waals surface area contributed by atoms with Gasteiger partial charge in [0.1, 0.15) is 5.75 Å². The molecule has 0 aliphatic rings. The van der Waals surface area contributed by atoms with Gasteiger partial charge in [0, 0.05) is 16.8 Å². The summed E-state index contributed by atoms with van der Waals surface area (Å²) in [6.45, 7) is 0.298. The first kappa shape index (κ1) is 19.0. The van der Waals surface area contributed by atoms with Crippen molar-refractivity contribution in [1.82, 2.24) is 21.0 Å². The molecule has 3 aromatic rings. The summed E-state index contributed by atoms with van der Waals surface area (Å²) in [6, 6.07) is 12.1. The number of halogens is 2. The van der Waals surface area contributed by atoms with E-state index in [1.54, 1.807) is 30.3 Å². The Balaban J connectivity index is 1.41. The Labute approximate surface area is 165 Å². The van der Waals surface area contributed by atoms with Gasteiger partial charge < -0.3 is 4.74 Å². The van der Waals surface area contributed by atoms with Crippen LogP contribution in [0.15, 0.2) is 42.5 Å². The van der Waals surface area contributed by atoms with Crippen LogP contribution in [0.25, 0.3) is 10.9 Å². The number of H-pyrrole nitrogens is 1. The molecule has 1 aromatic heterocycles. The summed E-state index contributed by atoms with van der Waals surface area (Å²) in [5.74, 6) is -0.334. The van der Waals surface area contributed by atoms with Crippen molar-refractivity contribution < 1.29 is 14.3 Å². The van der Waals surface area contributed by atoms with E-state index in [2.05, 4.69) is 21.0 Å². The Morgan fingerprint density at radius 1 is 1.11 bits per heavy atom. The van der Waals surface area contributed by atoms with Crippen LogP contribution in [-0.4, -0.2) is 28.6 Å². The molecular weight excluding hydrogens is 391 g/mol. The molecule has 9 heteroatoms. The summed E-state index contributed by atoms with van der Waals surface area (Å²) in [6.07, 6.45) is 0.624. The monoisotopic (exact) mass is 406 g/mol. The first-order chi connectivity index (χ1) is 13.0. The third-order valence-corrected chi connectivity index (χ3v) is 4.23. The lowest BCUT2D eigenvalue weighted by Crippen LogP contribution is -2.41. The predicted octanol–water partition coefficient (Wildman–Crippen LogP) is 3.49. The van der Waals surface area contributed by atoms with E-state index in [1.165, 1.54) is 0 Å². The van der Waals surface area contributed by atoms with Crippen molar-refractivity contribution in [3.8, 4) is 5.75 Å². The summed E-state index contributed by atoms with van der Waals surface area (Å²) < 4.78 is 5.50. The second-order valence-electron chi connectivity index (χ2n) is 5.65. The van der Waals surface area contributed by atoms with Gasteiger partial charge in [-0.25, -0.2) is 0 Å². The number of aromatic nitrogens is 2. The zero-order valence-electron chi connectivity index (χ0n) is 14.1. The van der Waals surface area contributed by atoms with Gasteiger partial charge in [-0.3, -0.25) is 25.5 Å². The normalized spacial score (nSPS) is 10.6. The third-order valence-electron chi connectivity index (χ3n) is 3.70. The van der Waals surface area contributed by atoms with Crippen LogP contribution in [0.3, 0.4) is 0 Å². The van der Waals surface area contributed by atoms with Crippen molar-refractivity contribution in [2.24, 2.45) is 0 Å². The molecule has 0 saturated carbocycles. The van der Waals surface area contributed by atoms with Gasteiger partial charge in [0.2, 0.25) is 5.91 Å². The topological polar surface area (TPSA) is 96.1 Å². The van der Waals surface area contributed by atoms with Gasteiger partial charge in [0.05, 0.1) is 17.1 Å². The number of nitrogens with zero attached hydrogens (tertiary/aromatic N) is 1. The molecule has 2 amide bonds. The van der Waals surface area contributed by atoms with E-state index < -0.39 is 5.91 Å². The van der Waals surface area contributed by atoms with E-state index in [9.17, 15) is 9.59 Å². The Morgan fingerprint density at radius 3 is 2.74 bits per heavy atom. The number of ether oxygens (including phenoxy) is 1. The van der Waals surface area contributed by atoms with Crippen LogP contribution in [0.1, 0.15) is 23.3 Å². The Bertz CT molecular complexity index is 974. The molecule has 1 heterocycles. The Morgan fingerprint density at radius 2 is 1.93 bits per heavy atom. The average molecular weight is 407 g/mol. The number of amides is 2. The number of carbonyl (C=O) groups is 2. The molecule has 3 N–H and O–H groups in total. The number of carbonyl (C=O) groups excluding carboxylic acids is 2. The summed E-state index contributed by atoms with van der Waals surface area (Å²) in [4.78, 5) is 24.0. The maximum Gasteiger partial charge on any atom is 0.290 e. The minimum absolute atomic E-state index is 0.173. The Kier molecular flexibility index (Phi) is 6.16. The summed E-state index contributed by atoms with van der Waals surface area (Å²) in [7, 11) is 0. The highest BCUT2D eigenvalue weighted by Crippen LogP contribution is 2.27. The number of aromatic amines is 1. The minimum atomic E-state index is -0.495. The largest absolute Gasteiger partial charge is 0.492 e. The summed E-state index contributed by atoms with van der Waals surface area (Å²) in [5, 5.41) is 8.34. The van der Waals surface area contributed by atoms with Gasteiger partial charge in [-0.2, -0.15) is 5.10 Å². The van der Waals surface area contributed by atoms with Crippen molar-refractivity contribution in [1.29, 1.82) is 0 Å². The van der Waals surface area contributed by atoms with Gasteiger partial charge >= 0.3 is 0 Å². The first-order valence-corrected chi connectivity index (χ1v) is 8.90. The average Bonchev–Trinajstić information content (AvgIpc) is 3.09. The van der Waals surface area contributed by atoms with Gasteiger partial charge in [0.25, 0.3) is 5.91 Å². The van der Waals surface area contributed by atoms with Gasteiger partial charge in [0.15, 0.2) is 5.69 Å². The molecule has 27 heavy (non-hydrogen) atoms. The van der Waals surface area contributed by atoms with Crippen LogP contribution in [0.5, 0.6) is 5.75 Å². The third kappa shape index (κ3) is 4.90. The van der Waals surface area contributed by atoms with Crippen molar-refractivity contribution in [2.45, 2.75) is 12.8 Å². The quantitative estimate of drug-likeness (QED) is 0.431. The number of hydrogen-bond acceptors (Lipinski definition) is 4. The maximum absolute atomic E-state index is 12.1. The van der Waals surface area contributed by atoms with E-state index in [-0.39, 0.29) is 18.0 Å². The van der Waals surface area contributed by atoms with Crippen molar-refractivity contribution in [3.05, 3.63) is 58.2 Å². The van der Waals surface area contributed by atoms with Crippen molar-refractivity contribution >= 4 is 45.9 Å². The molecule has 0 saturated heterocycles. The molecule has 0 aliphatic carbocycles. The van der Waals surface area contributed by atoms with E-state index in [0.717, 1.165) is 5.52 Å². The summed E-state index contributed by atoms with van der Waals surface area (Å²) >= 11 is 11.8. The number of para-hydroxylation sites is 1. The van der Waals surface area contributed by atoms with Crippen LogP contribution in [-0.2, 0) is 4.79 Å². The predicted molar refractivity (Wildman–Crippen MR) is 103 cm³/mol. The highest BCUT2D eigenvalue weighted by atomic mass is 35.5. The summed E-state index contributed by atoms with van der Waals surface area (Å²) in [5.41, 5.74) is 5.67. The molecule has 0 bridgehead atoms. The van der Waals surface area contributed by atoms with Crippen molar-refractivity contribution in [3.63, 3.8) is 0 Å². The highest BCUT2D eigenvalue weighted by molar-refractivity contribution is 6.35. The number of hydrazine groups is 1. The van der Waals surface area contributed by atoms with E-state index in [1.807, 2.05) is 12.1 Å². The lowest BCUT2D eigenvalue weighted by Gasteiger charge is -2.09. The SMILES string of the molecule is O=C(CCCOc1ccc(Cl)cc1Cl)NNC(=O)c1n[nH]c2ccccc12. The molecule has 7 nitrogen and oxygen atoms in total. The molecule has 0 unspecified atom stereocenters. The molecule has 140 valence electrons. The number of fused-ring (bicyclic) bond motifs is 1. The number of benzene rings is 2. The fourth-order valence-electron chi connectivity index (χ4n) is 2.39. The lowest BCUT2D eigenvalue weighted by atomic mass is 10.2. The number of rotatable bonds is 6. The molecule has 3 rings (SSSR count). The molecule has 0 atom stereocenters. The second kappa shape index (κ2) is 8.75. The van der Waals surface area contributed by atoms with Crippen LogP contribution in [0.4, 0.5) is 0 Å². The zero-order chi connectivity index (χ0) is 19.2. The minimum Gasteiger partial charge on any atom is -0.492 e. The molecule has 0 aliphatic heterocycles. The van der Waals surface area contributed by atoms with E-state index >= 15 is 0 Å². The van der Waals surface area contributed by atoms with Crippen LogP contribution >= 0.6 is 23.2 Å². The highest BCUT2D eigenvalue weighted by Gasteiger charge is 2.14. The van der Waals surface area contributed by atoms with E-state index in [4.69, 9.17) is 27.9 Å². The fraction of sp³-hybridized carbons (Fsp3) is 0.167. The molecule has 0 radical (unpaired) electrons. The van der Waals surface area contributed by atoms with Crippen molar-refractivity contribution in [2.75, 3.05) is 6.61 Å². The molecule has 0 spiro atoms. The molecule has 2 aromatic carbocycles. The smallest absolute Gasteiger partial charge is 0.290 e. The molecule has 0 fully saturated rings. The van der Waals surface area contributed by atoms with Gasteiger partial charge in [-0.15, -0.1) is 0 Å². The van der Waals surface area contributed by atoms with Gasteiger partial charge in [-0.1, -0.05) is 41.4 Å². The maximum atomic E-state index is 12.1. The van der Waals surface area contributed by atoms with Gasteiger partial charge in [-0.05, 0) is 30.7 Å². The molecular formula is C18H16Cl2N4O3. The first-order valence-electron chi connectivity index (χ1n) is 8.15. The van der Waals surface area contributed by atoms with Crippen LogP contribution < -0.4 is 15.6 Å². The Hall–Kier alpha value is -2.77. The van der Waals surface area contributed by atoms with Crippen LogP contribution in [0, 0.1) is 0 Å². The van der Waals surface area contributed by atoms with Crippen LogP contribution in [0.2, 0.25) is 10.0 Å². The standard InChI is InChI=1S/C18H16Cl2N4O3/c19-11-7-8-15(13(20)10-11)27-9-3-6-16(25)22-24-18(26)17-12-4-1-2-5-14(12)21-23-17/h1-2,4-5,7-8,10H,3,6,9H2,(H,21,23)(H,22,25)(H,24,26). The second-order valence-corrected chi connectivity index (χ2v) is 6.49. The number of nitrogens with one attached hydrogen (secondary N) is 3. The fourth-order valence-corrected chi connectivity index (χ4v) is 2.85. The lowest BCUT2D eigenvalue weighted by molar-refractivity contribution is -0.122. The number of hydrogen-bond donors (Lipinski definition) is 3.